The van der Waals surface area contributed by atoms with Gasteiger partial charge in [-0.3, -0.25) is 4.79 Å². The predicted octanol–water partition coefficient (Wildman–Crippen LogP) is 4.50. The summed E-state index contributed by atoms with van der Waals surface area (Å²) in [6.07, 6.45) is 1.26. The van der Waals surface area contributed by atoms with Crippen molar-refractivity contribution >= 4 is 18.4 Å². The summed E-state index contributed by atoms with van der Waals surface area (Å²) in [5.41, 5.74) is 3.53. The highest BCUT2D eigenvalue weighted by Crippen LogP contribution is 2.14. The van der Waals surface area contributed by atoms with E-state index in [0.29, 0.717) is 25.1 Å². The van der Waals surface area contributed by atoms with Crippen LogP contribution in [0.5, 0.6) is 0 Å². The summed E-state index contributed by atoms with van der Waals surface area (Å²) < 4.78 is 5.02. The molecule has 0 saturated carbocycles. The van der Waals surface area contributed by atoms with E-state index in [1.807, 2.05) is 25.1 Å². The third kappa shape index (κ3) is 7.29. The van der Waals surface area contributed by atoms with E-state index in [1.54, 1.807) is 0 Å². The quantitative estimate of drug-likeness (QED) is 0.704. The molecule has 2 atom stereocenters. The van der Waals surface area contributed by atoms with Crippen LogP contribution in [-0.4, -0.2) is 18.6 Å². The average Bonchev–Trinajstić information content (AvgIpc) is 2.56. The summed E-state index contributed by atoms with van der Waals surface area (Å²) in [6.45, 7) is 6.63. The van der Waals surface area contributed by atoms with Gasteiger partial charge in [0.1, 0.15) is 0 Å². The van der Waals surface area contributed by atoms with Crippen LogP contribution in [0.1, 0.15) is 43.5 Å². The molecule has 2 aromatic carbocycles. The van der Waals surface area contributed by atoms with Crippen molar-refractivity contribution in [1.29, 1.82) is 0 Å². The van der Waals surface area contributed by atoms with Crippen molar-refractivity contribution < 1.29 is 9.53 Å². The Morgan fingerprint density at radius 2 is 1.72 bits per heavy atom. The van der Waals surface area contributed by atoms with Crippen molar-refractivity contribution in [2.24, 2.45) is 0 Å². The van der Waals surface area contributed by atoms with Gasteiger partial charge in [0.15, 0.2) is 0 Å². The molecule has 2 aromatic rings. The lowest BCUT2D eigenvalue weighted by molar-refractivity contribution is -0.142. The van der Waals surface area contributed by atoms with Crippen molar-refractivity contribution in [3.63, 3.8) is 0 Å². The van der Waals surface area contributed by atoms with Crippen molar-refractivity contribution in [3.05, 3.63) is 71.3 Å². The van der Waals surface area contributed by atoms with Gasteiger partial charge < -0.3 is 10.1 Å². The second-order valence-electron chi connectivity index (χ2n) is 6.21. The third-order valence-corrected chi connectivity index (χ3v) is 4.02. The minimum absolute atomic E-state index is 0. The Labute approximate surface area is 157 Å². The summed E-state index contributed by atoms with van der Waals surface area (Å²) in [7, 11) is 0. The van der Waals surface area contributed by atoms with Crippen LogP contribution < -0.4 is 5.32 Å². The molecule has 0 bridgehead atoms. The molecule has 0 heterocycles. The first-order valence-corrected chi connectivity index (χ1v) is 8.63. The lowest BCUT2D eigenvalue weighted by Crippen LogP contribution is -2.30. The summed E-state index contributed by atoms with van der Waals surface area (Å²) in [5, 5.41) is 3.63. The van der Waals surface area contributed by atoms with E-state index >= 15 is 0 Å². The fourth-order valence-electron chi connectivity index (χ4n) is 2.92. The Balaban J connectivity index is 0.00000312. The zero-order chi connectivity index (χ0) is 17.4. The molecule has 0 radical (unpaired) electrons. The molecule has 25 heavy (non-hydrogen) atoms. The molecule has 4 heteroatoms. The Morgan fingerprint density at radius 1 is 1.04 bits per heavy atom. The third-order valence-electron chi connectivity index (χ3n) is 4.02. The van der Waals surface area contributed by atoms with E-state index in [0.717, 1.165) is 12.0 Å². The number of esters is 1. The fraction of sp³-hybridized carbons (Fsp3) is 0.381. The SMILES string of the molecule is CCOC(=O)Cc1cccc(C[C@@H](C)N[C@H](C)c2ccccc2)c1.Cl. The molecule has 0 aliphatic carbocycles. The topological polar surface area (TPSA) is 38.3 Å². The molecule has 3 nitrogen and oxygen atoms in total. The van der Waals surface area contributed by atoms with Crippen LogP contribution in [-0.2, 0) is 22.4 Å². The van der Waals surface area contributed by atoms with E-state index in [-0.39, 0.29) is 18.4 Å². The van der Waals surface area contributed by atoms with Crippen molar-refractivity contribution in [2.45, 2.75) is 45.7 Å². The number of carbonyl (C=O) groups is 1. The van der Waals surface area contributed by atoms with Crippen LogP contribution in [0.15, 0.2) is 54.6 Å². The minimum Gasteiger partial charge on any atom is -0.466 e. The van der Waals surface area contributed by atoms with E-state index < -0.39 is 0 Å². The summed E-state index contributed by atoms with van der Waals surface area (Å²) >= 11 is 0. The molecule has 0 saturated heterocycles. The Morgan fingerprint density at radius 3 is 2.40 bits per heavy atom. The van der Waals surface area contributed by atoms with E-state index in [2.05, 4.69) is 55.6 Å². The molecule has 0 amide bonds. The largest absolute Gasteiger partial charge is 0.466 e. The zero-order valence-electron chi connectivity index (χ0n) is 15.2. The van der Waals surface area contributed by atoms with E-state index in [4.69, 9.17) is 4.74 Å². The number of hydrogen-bond donors (Lipinski definition) is 1. The Bertz CT molecular complexity index is 645. The predicted molar refractivity (Wildman–Crippen MR) is 105 cm³/mol. The van der Waals surface area contributed by atoms with Gasteiger partial charge in [-0.1, -0.05) is 54.6 Å². The molecule has 0 spiro atoms. The maximum Gasteiger partial charge on any atom is 0.310 e. The first-order chi connectivity index (χ1) is 11.6. The van der Waals surface area contributed by atoms with Gasteiger partial charge in [-0.25, -0.2) is 0 Å². The number of nitrogens with one attached hydrogen (secondary N) is 1. The van der Waals surface area contributed by atoms with Crippen LogP contribution in [0.2, 0.25) is 0 Å². The van der Waals surface area contributed by atoms with E-state index in [9.17, 15) is 4.79 Å². The van der Waals surface area contributed by atoms with Gasteiger partial charge in [0.25, 0.3) is 0 Å². The average molecular weight is 362 g/mol. The van der Waals surface area contributed by atoms with Crippen molar-refractivity contribution in [3.8, 4) is 0 Å². The molecule has 1 N–H and O–H groups in total. The second-order valence-corrected chi connectivity index (χ2v) is 6.21. The highest BCUT2D eigenvalue weighted by Gasteiger charge is 2.11. The normalized spacial score (nSPS) is 12.8. The van der Waals surface area contributed by atoms with Gasteiger partial charge in [0.2, 0.25) is 0 Å². The lowest BCUT2D eigenvalue weighted by atomic mass is 10.0. The van der Waals surface area contributed by atoms with Gasteiger partial charge in [0.05, 0.1) is 13.0 Å². The van der Waals surface area contributed by atoms with Crippen molar-refractivity contribution in [2.75, 3.05) is 6.61 Å². The van der Waals surface area contributed by atoms with E-state index in [1.165, 1.54) is 11.1 Å². The summed E-state index contributed by atoms with van der Waals surface area (Å²) in [6, 6.07) is 19.3. The van der Waals surface area contributed by atoms with Gasteiger partial charge >= 0.3 is 5.97 Å². The summed E-state index contributed by atoms with van der Waals surface area (Å²) in [5.74, 6) is -0.168. The molecule has 0 aliphatic rings. The maximum atomic E-state index is 11.6. The zero-order valence-corrected chi connectivity index (χ0v) is 16.0. The molecule has 0 fully saturated rings. The minimum atomic E-state index is -0.168. The van der Waals surface area contributed by atoms with Gasteiger partial charge in [-0.05, 0) is 43.9 Å². The summed E-state index contributed by atoms with van der Waals surface area (Å²) in [4.78, 5) is 11.6. The number of benzene rings is 2. The lowest BCUT2D eigenvalue weighted by Gasteiger charge is -2.20. The van der Waals surface area contributed by atoms with Crippen LogP contribution in [0.25, 0.3) is 0 Å². The van der Waals surface area contributed by atoms with Crippen LogP contribution in [0.4, 0.5) is 0 Å². The number of ether oxygens (including phenoxy) is 1. The first kappa shape index (κ1) is 21.2. The molecular formula is C21H28ClNO2. The number of halogens is 1. The molecule has 0 unspecified atom stereocenters. The first-order valence-electron chi connectivity index (χ1n) is 8.63. The fourth-order valence-corrected chi connectivity index (χ4v) is 2.92. The molecule has 0 aliphatic heterocycles. The van der Waals surface area contributed by atoms with Gasteiger partial charge in [-0.15, -0.1) is 12.4 Å². The molecular weight excluding hydrogens is 334 g/mol. The standard InChI is InChI=1S/C21H27NO2.ClH/c1-4-24-21(23)15-19-10-8-9-18(14-19)13-16(2)22-17(3)20-11-6-5-7-12-20;/h5-12,14,16-17,22H,4,13,15H2,1-3H3;1H/t16-,17-;/m1./s1. The number of carbonyl (C=O) groups excluding carboxylic acids is 1. The molecule has 0 aromatic heterocycles. The highest BCUT2D eigenvalue weighted by molar-refractivity contribution is 5.85. The highest BCUT2D eigenvalue weighted by atomic mass is 35.5. The van der Waals surface area contributed by atoms with Gasteiger partial charge in [0, 0.05) is 12.1 Å². The Hall–Kier alpha value is -1.84. The second kappa shape index (κ2) is 10.9. The number of rotatable bonds is 8. The molecule has 136 valence electrons. The van der Waals surface area contributed by atoms with Crippen LogP contribution in [0.3, 0.4) is 0 Å². The Kier molecular flexibility index (Phi) is 9.25. The number of hydrogen-bond acceptors (Lipinski definition) is 3. The van der Waals surface area contributed by atoms with Crippen molar-refractivity contribution in [1.82, 2.24) is 5.32 Å². The smallest absolute Gasteiger partial charge is 0.310 e. The molecule has 2 rings (SSSR count). The van der Waals surface area contributed by atoms with Crippen LogP contribution in [0, 0.1) is 0 Å². The van der Waals surface area contributed by atoms with Crippen LogP contribution >= 0.6 is 12.4 Å². The van der Waals surface area contributed by atoms with Gasteiger partial charge in [-0.2, -0.15) is 0 Å². The maximum absolute atomic E-state index is 11.6. The monoisotopic (exact) mass is 361 g/mol.